The molecule has 0 spiro atoms. The zero-order valence-corrected chi connectivity index (χ0v) is 12.4. The Hall–Kier alpha value is -0.610. The average Bonchev–Trinajstić information content (AvgIpc) is 2.36. The molecule has 0 saturated heterocycles. The van der Waals surface area contributed by atoms with E-state index in [0.29, 0.717) is 12.8 Å². The van der Waals surface area contributed by atoms with Crippen LogP contribution in [0.4, 0.5) is 0 Å². The standard InChI is InChI=1S/C14H28N2O2/c1-6-14(15,7-2)12(17)16-10-9-11(18-8-3)13(10,4)5/h10-11H,6-9,15H2,1-5H3,(H,16,17). The van der Waals surface area contributed by atoms with Crippen molar-refractivity contribution in [2.24, 2.45) is 11.1 Å². The summed E-state index contributed by atoms with van der Waals surface area (Å²) in [6.07, 6.45) is 2.45. The van der Waals surface area contributed by atoms with Gasteiger partial charge in [-0.15, -0.1) is 0 Å². The highest BCUT2D eigenvalue weighted by Crippen LogP contribution is 2.42. The largest absolute Gasteiger partial charge is 0.378 e. The highest BCUT2D eigenvalue weighted by Gasteiger charge is 2.50. The van der Waals surface area contributed by atoms with Crippen LogP contribution in [-0.2, 0) is 9.53 Å². The molecule has 0 bridgehead atoms. The molecule has 0 aliphatic heterocycles. The number of rotatable bonds is 6. The predicted octanol–water partition coefficient (Wildman–Crippen LogP) is 1.82. The molecule has 0 aromatic rings. The number of hydrogen-bond acceptors (Lipinski definition) is 3. The quantitative estimate of drug-likeness (QED) is 0.762. The average molecular weight is 256 g/mol. The molecule has 2 unspecified atom stereocenters. The highest BCUT2D eigenvalue weighted by atomic mass is 16.5. The topological polar surface area (TPSA) is 64.3 Å². The fourth-order valence-electron chi connectivity index (χ4n) is 2.49. The summed E-state index contributed by atoms with van der Waals surface area (Å²) in [5.41, 5.74) is 5.37. The highest BCUT2D eigenvalue weighted by molar-refractivity contribution is 5.86. The van der Waals surface area contributed by atoms with Crippen LogP contribution in [0, 0.1) is 5.41 Å². The molecule has 4 heteroatoms. The van der Waals surface area contributed by atoms with E-state index in [4.69, 9.17) is 10.5 Å². The Morgan fingerprint density at radius 2 is 1.94 bits per heavy atom. The van der Waals surface area contributed by atoms with Gasteiger partial charge in [-0.1, -0.05) is 27.7 Å². The van der Waals surface area contributed by atoms with Crippen molar-refractivity contribution in [3.8, 4) is 0 Å². The first-order chi connectivity index (χ1) is 8.31. The maximum Gasteiger partial charge on any atom is 0.240 e. The number of carbonyl (C=O) groups is 1. The molecular formula is C14H28N2O2. The molecular weight excluding hydrogens is 228 g/mol. The lowest BCUT2D eigenvalue weighted by Crippen LogP contribution is -2.66. The van der Waals surface area contributed by atoms with Crippen LogP contribution >= 0.6 is 0 Å². The van der Waals surface area contributed by atoms with Crippen molar-refractivity contribution in [2.75, 3.05) is 6.61 Å². The first-order valence-corrected chi connectivity index (χ1v) is 7.03. The smallest absolute Gasteiger partial charge is 0.240 e. The summed E-state index contributed by atoms with van der Waals surface area (Å²) in [4.78, 5) is 12.2. The minimum absolute atomic E-state index is 0.00589. The molecule has 1 aliphatic rings. The molecule has 4 nitrogen and oxygen atoms in total. The summed E-state index contributed by atoms with van der Waals surface area (Å²) in [7, 11) is 0. The van der Waals surface area contributed by atoms with E-state index in [1.54, 1.807) is 0 Å². The van der Waals surface area contributed by atoms with E-state index >= 15 is 0 Å². The molecule has 0 heterocycles. The van der Waals surface area contributed by atoms with Gasteiger partial charge in [-0.05, 0) is 26.2 Å². The van der Waals surface area contributed by atoms with E-state index in [1.807, 2.05) is 20.8 Å². The van der Waals surface area contributed by atoms with Gasteiger partial charge in [-0.2, -0.15) is 0 Å². The summed E-state index contributed by atoms with van der Waals surface area (Å²) in [6.45, 7) is 10.9. The van der Waals surface area contributed by atoms with Gasteiger partial charge >= 0.3 is 0 Å². The van der Waals surface area contributed by atoms with E-state index in [0.717, 1.165) is 13.0 Å². The Morgan fingerprint density at radius 1 is 1.39 bits per heavy atom. The fraction of sp³-hybridized carbons (Fsp3) is 0.929. The van der Waals surface area contributed by atoms with Gasteiger partial charge in [0.25, 0.3) is 0 Å². The van der Waals surface area contributed by atoms with Gasteiger partial charge < -0.3 is 15.8 Å². The molecule has 1 aliphatic carbocycles. The van der Waals surface area contributed by atoms with Crippen LogP contribution in [0.3, 0.4) is 0 Å². The van der Waals surface area contributed by atoms with Gasteiger partial charge in [0.05, 0.1) is 11.6 Å². The number of nitrogens with one attached hydrogen (secondary N) is 1. The Morgan fingerprint density at radius 3 is 2.33 bits per heavy atom. The van der Waals surface area contributed by atoms with Crippen molar-refractivity contribution in [1.29, 1.82) is 0 Å². The second-order valence-corrected chi connectivity index (χ2v) is 5.89. The molecule has 0 radical (unpaired) electrons. The number of nitrogens with two attached hydrogens (primary N) is 1. The van der Waals surface area contributed by atoms with Crippen LogP contribution in [0.1, 0.15) is 53.9 Å². The maximum atomic E-state index is 12.2. The van der Waals surface area contributed by atoms with Gasteiger partial charge in [-0.25, -0.2) is 0 Å². The Kier molecular flexibility index (Phi) is 4.78. The van der Waals surface area contributed by atoms with Crippen LogP contribution in [0.2, 0.25) is 0 Å². The summed E-state index contributed by atoms with van der Waals surface area (Å²) in [6, 6.07) is 0.169. The molecule has 0 aromatic heterocycles. The summed E-state index contributed by atoms with van der Waals surface area (Å²) in [5, 5.41) is 3.09. The van der Waals surface area contributed by atoms with Gasteiger partial charge in [0.1, 0.15) is 0 Å². The predicted molar refractivity (Wildman–Crippen MR) is 73.2 cm³/mol. The van der Waals surface area contributed by atoms with Crippen molar-refractivity contribution in [3.63, 3.8) is 0 Å². The molecule has 1 fully saturated rings. The number of carbonyl (C=O) groups excluding carboxylic acids is 1. The van der Waals surface area contributed by atoms with Crippen molar-refractivity contribution in [2.45, 2.75) is 71.6 Å². The van der Waals surface area contributed by atoms with E-state index in [1.165, 1.54) is 0 Å². The normalized spacial score (nSPS) is 26.6. The Bertz CT molecular complexity index is 298. The second-order valence-electron chi connectivity index (χ2n) is 5.89. The zero-order chi connectivity index (χ0) is 14.0. The van der Waals surface area contributed by atoms with Gasteiger partial charge in [0, 0.05) is 18.1 Å². The van der Waals surface area contributed by atoms with Crippen LogP contribution in [0.25, 0.3) is 0 Å². The van der Waals surface area contributed by atoms with Gasteiger partial charge in [-0.3, -0.25) is 4.79 Å². The van der Waals surface area contributed by atoms with Crippen LogP contribution < -0.4 is 11.1 Å². The van der Waals surface area contributed by atoms with Crippen molar-refractivity contribution >= 4 is 5.91 Å². The minimum Gasteiger partial charge on any atom is -0.378 e. The third kappa shape index (κ3) is 2.69. The van der Waals surface area contributed by atoms with Crippen LogP contribution in [0.5, 0.6) is 0 Å². The Labute approximate surface area is 111 Å². The number of hydrogen-bond donors (Lipinski definition) is 2. The van der Waals surface area contributed by atoms with E-state index in [2.05, 4.69) is 19.2 Å². The third-order valence-corrected chi connectivity index (χ3v) is 4.56. The lowest BCUT2D eigenvalue weighted by molar-refractivity contribution is -0.141. The van der Waals surface area contributed by atoms with Gasteiger partial charge in [0.15, 0.2) is 0 Å². The summed E-state index contributed by atoms with van der Waals surface area (Å²) < 4.78 is 5.66. The molecule has 1 saturated carbocycles. The molecule has 1 amide bonds. The summed E-state index contributed by atoms with van der Waals surface area (Å²) >= 11 is 0. The molecule has 2 atom stereocenters. The minimum atomic E-state index is -0.729. The van der Waals surface area contributed by atoms with Crippen molar-refractivity contribution in [3.05, 3.63) is 0 Å². The van der Waals surface area contributed by atoms with E-state index in [-0.39, 0.29) is 23.5 Å². The number of ether oxygens (including phenoxy) is 1. The molecule has 3 N–H and O–H groups in total. The van der Waals surface area contributed by atoms with Gasteiger partial charge in [0.2, 0.25) is 5.91 Å². The summed E-state index contributed by atoms with van der Waals surface area (Å²) in [5.74, 6) is -0.0273. The van der Waals surface area contributed by atoms with Crippen molar-refractivity contribution in [1.82, 2.24) is 5.32 Å². The van der Waals surface area contributed by atoms with Crippen LogP contribution in [0.15, 0.2) is 0 Å². The van der Waals surface area contributed by atoms with E-state index in [9.17, 15) is 4.79 Å². The second kappa shape index (κ2) is 5.57. The molecule has 0 aromatic carbocycles. The first kappa shape index (κ1) is 15.4. The lowest BCUT2D eigenvalue weighted by atomic mass is 9.64. The maximum absolute atomic E-state index is 12.2. The zero-order valence-electron chi connectivity index (χ0n) is 12.4. The molecule has 1 rings (SSSR count). The third-order valence-electron chi connectivity index (χ3n) is 4.56. The number of amides is 1. The fourth-order valence-corrected chi connectivity index (χ4v) is 2.49. The van der Waals surface area contributed by atoms with E-state index < -0.39 is 5.54 Å². The van der Waals surface area contributed by atoms with Crippen LogP contribution in [-0.4, -0.2) is 30.2 Å². The molecule has 106 valence electrons. The van der Waals surface area contributed by atoms with Crippen molar-refractivity contribution < 1.29 is 9.53 Å². The first-order valence-electron chi connectivity index (χ1n) is 7.03. The Balaban J connectivity index is 2.58. The molecule has 18 heavy (non-hydrogen) atoms. The SMILES string of the molecule is CCOC1CC(NC(=O)C(N)(CC)CC)C1(C)C. The monoisotopic (exact) mass is 256 g/mol. The lowest BCUT2D eigenvalue weighted by Gasteiger charge is -2.52.